The molecule has 40 heavy (non-hydrogen) atoms. The molecule has 1 amide bonds. The summed E-state index contributed by atoms with van der Waals surface area (Å²) in [5.41, 5.74) is 0.961. The van der Waals surface area contributed by atoms with Crippen LogP contribution < -0.4 is 14.6 Å². The fourth-order valence-electron chi connectivity index (χ4n) is 3.75. The molecule has 1 fully saturated rings. The second kappa shape index (κ2) is 14.9. The monoisotopic (exact) mass is 600 g/mol. The fourth-order valence-corrected chi connectivity index (χ4v) is 4.83. The molecule has 5 atom stereocenters. The van der Waals surface area contributed by atoms with E-state index < -0.39 is 60.4 Å². The maximum absolute atomic E-state index is 12.6. The van der Waals surface area contributed by atoms with Gasteiger partial charge in [0, 0.05) is 13.5 Å². The average molecular weight is 600 g/mol. The lowest BCUT2D eigenvalue weighted by atomic mass is 9.97. The fraction of sp³-hybridized carbons (Fsp3) is 0.545. The predicted molar refractivity (Wildman–Crippen MR) is 132 cm³/mol. The van der Waals surface area contributed by atoms with E-state index in [1.54, 1.807) is 24.3 Å². The van der Waals surface area contributed by atoms with Gasteiger partial charge >= 0.3 is 7.25 Å². The number of nitrogens with zero attached hydrogens (tertiary/aromatic N) is 2. The van der Waals surface area contributed by atoms with Gasteiger partial charge in [-0.1, -0.05) is 12.1 Å². The number of aliphatic hydroxyl groups excluding tert-OH is 3. The molecule has 0 spiro atoms. The molecular weight excluding hydrogens is 567 g/mol. The number of aromatic nitrogens is 2. The molecule has 18 heteroatoms. The van der Waals surface area contributed by atoms with Crippen LogP contribution in [0, 0.1) is 0 Å². The Balaban J connectivity index is 0.00000103. The highest BCUT2D eigenvalue weighted by Gasteiger charge is 2.45. The highest BCUT2D eigenvalue weighted by atomic mass is 32.2. The van der Waals surface area contributed by atoms with Gasteiger partial charge in [-0.25, -0.2) is 22.3 Å². The minimum atomic E-state index is -6.00. The summed E-state index contributed by atoms with van der Waals surface area (Å²) in [6.45, 7) is 1.44. The van der Waals surface area contributed by atoms with Crippen LogP contribution in [0.15, 0.2) is 47.9 Å². The van der Waals surface area contributed by atoms with Crippen molar-refractivity contribution in [2.75, 3.05) is 19.8 Å². The van der Waals surface area contributed by atoms with E-state index in [9.17, 15) is 45.8 Å². The average Bonchev–Trinajstić information content (AvgIpc) is 3.26. The maximum atomic E-state index is 12.6. The first-order valence-corrected chi connectivity index (χ1v) is 13.6. The van der Waals surface area contributed by atoms with E-state index in [1.807, 2.05) is 34.9 Å². The molecular formula is C22H33BF4N4O8S. The number of hydrogen-bond donors (Lipinski definition) is 5. The zero-order valence-electron chi connectivity index (χ0n) is 21.7. The van der Waals surface area contributed by atoms with Gasteiger partial charge in [-0.15, -0.1) is 0 Å². The SMILES string of the molecule is CC(=O)N[C@H]1[C@H](OCCCNS(=O)(=O)c2ccc(Cn3cc[n+](C)c3)cc2)O[C@H](CO)[C@@H](O)[C@@H]1O.F[B-](F)(F)F. The lowest BCUT2D eigenvalue weighted by Gasteiger charge is -2.42. The molecule has 3 rings (SSSR count). The second-order valence-electron chi connectivity index (χ2n) is 8.95. The standard InChI is InChI=1S/C22H32N4O8S.BF4/c1-15(28)24-19-21(30)20(29)18(13-27)34-22(19)33-11-3-8-23-35(31,32)17-6-4-16(5-7-17)12-26-10-9-25(2)14-26;2-1(3,4)5/h4-7,9-10,14,18-23,27,29-30H,3,8,11-13H2,1-2H3;/q;-1/p+1/t18-,19-,20-,21-,22-;/m1./s1. The summed E-state index contributed by atoms with van der Waals surface area (Å²) in [6, 6.07) is 5.57. The summed E-state index contributed by atoms with van der Waals surface area (Å²) >= 11 is 0. The van der Waals surface area contributed by atoms with E-state index in [-0.39, 0.29) is 24.5 Å². The van der Waals surface area contributed by atoms with Crippen molar-refractivity contribution >= 4 is 23.2 Å². The first-order chi connectivity index (χ1) is 18.6. The molecule has 0 bridgehead atoms. The molecule has 2 aromatic rings. The number of aryl methyl sites for hydroxylation is 1. The molecule has 1 aliphatic rings. The second-order valence-corrected chi connectivity index (χ2v) is 10.7. The Morgan fingerprint density at radius 2 is 1.80 bits per heavy atom. The first-order valence-electron chi connectivity index (χ1n) is 12.1. The van der Waals surface area contributed by atoms with Crippen molar-refractivity contribution in [3.05, 3.63) is 48.5 Å². The third kappa shape index (κ3) is 11.1. The topological polar surface area (TPSA) is 163 Å². The lowest BCUT2D eigenvalue weighted by Crippen LogP contribution is -2.64. The van der Waals surface area contributed by atoms with Crippen LogP contribution in [0.2, 0.25) is 0 Å². The number of ether oxygens (including phenoxy) is 2. The maximum Gasteiger partial charge on any atom is 0.673 e. The molecule has 0 aliphatic carbocycles. The van der Waals surface area contributed by atoms with Crippen molar-refractivity contribution in [1.29, 1.82) is 0 Å². The number of aliphatic hydroxyl groups is 3. The van der Waals surface area contributed by atoms with Crippen molar-refractivity contribution < 1.29 is 59.8 Å². The van der Waals surface area contributed by atoms with Crippen LogP contribution in [0.25, 0.3) is 0 Å². The van der Waals surface area contributed by atoms with E-state index in [0.717, 1.165) is 5.56 Å². The molecule has 1 saturated heterocycles. The first kappa shape index (κ1) is 33.6. The molecule has 1 aliphatic heterocycles. The highest BCUT2D eigenvalue weighted by molar-refractivity contribution is 7.89. The van der Waals surface area contributed by atoms with Gasteiger partial charge in [0.05, 0.1) is 25.2 Å². The van der Waals surface area contributed by atoms with Crippen LogP contribution in [0.5, 0.6) is 0 Å². The van der Waals surface area contributed by atoms with Crippen molar-refractivity contribution in [3.63, 3.8) is 0 Å². The molecule has 12 nitrogen and oxygen atoms in total. The van der Waals surface area contributed by atoms with Crippen molar-refractivity contribution in [2.24, 2.45) is 7.05 Å². The predicted octanol–water partition coefficient (Wildman–Crippen LogP) is -0.710. The Labute approximate surface area is 228 Å². The Morgan fingerprint density at radius 1 is 1.18 bits per heavy atom. The molecule has 0 unspecified atom stereocenters. The molecule has 1 aromatic carbocycles. The van der Waals surface area contributed by atoms with Crippen LogP contribution in [0.1, 0.15) is 18.9 Å². The number of hydrogen-bond acceptors (Lipinski definition) is 8. The number of amides is 1. The third-order valence-electron chi connectivity index (χ3n) is 5.57. The Morgan fingerprint density at radius 3 is 2.33 bits per heavy atom. The van der Waals surface area contributed by atoms with E-state index in [1.165, 1.54) is 6.92 Å². The van der Waals surface area contributed by atoms with Gasteiger partial charge in [0.15, 0.2) is 6.29 Å². The molecule has 0 saturated carbocycles. The van der Waals surface area contributed by atoms with Gasteiger partial charge in [-0.3, -0.25) is 4.79 Å². The molecule has 5 N–H and O–H groups in total. The van der Waals surface area contributed by atoms with Crippen LogP contribution in [0.3, 0.4) is 0 Å². The van der Waals surface area contributed by atoms with Crippen LogP contribution >= 0.6 is 0 Å². The number of sulfonamides is 1. The van der Waals surface area contributed by atoms with Gasteiger partial charge < -0.3 is 47.4 Å². The van der Waals surface area contributed by atoms with Gasteiger partial charge in [-0.2, -0.15) is 0 Å². The zero-order valence-corrected chi connectivity index (χ0v) is 22.6. The van der Waals surface area contributed by atoms with Gasteiger partial charge in [0.1, 0.15) is 43.3 Å². The van der Waals surface area contributed by atoms with Gasteiger partial charge in [0.25, 0.3) is 0 Å². The summed E-state index contributed by atoms with van der Waals surface area (Å²) in [5, 5.41) is 32.1. The van der Waals surface area contributed by atoms with E-state index >= 15 is 0 Å². The summed E-state index contributed by atoms with van der Waals surface area (Å²) < 4.78 is 81.6. The van der Waals surface area contributed by atoms with Crippen LogP contribution in [-0.2, 0) is 37.9 Å². The summed E-state index contributed by atoms with van der Waals surface area (Å²) in [4.78, 5) is 11.6. The minimum Gasteiger partial charge on any atom is -0.418 e. The minimum absolute atomic E-state index is 0.0392. The van der Waals surface area contributed by atoms with Crippen LogP contribution in [0.4, 0.5) is 17.3 Å². The van der Waals surface area contributed by atoms with E-state index in [0.29, 0.717) is 6.54 Å². The van der Waals surface area contributed by atoms with Gasteiger partial charge in [-0.05, 0) is 24.1 Å². The molecule has 226 valence electrons. The van der Waals surface area contributed by atoms with Crippen molar-refractivity contribution in [1.82, 2.24) is 14.6 Å². The van der Waals surface area contributed by atoms with E-state index in [4.69, 9.17) is 9.47 Å². The largest absolute Gasteiger partial charge is 0.673 e. The number of imidazole rings is 1. The number of carbonyl (C=O) groups is 1. The summed E-state index contributed by atoms with van der Waals surface area (Å²) in [7, 11) is -7.79. The quantitative estimate of drug-likeness (QED) is 0.0978. The van der Waals surface area contributed by atoms with Gasteiger partial charge in [0.2, 0.25) is 22.3 Å². The summed E-state index contributed by atoms with van der Waals surface area (Å²) in [6.07, 6.45) is 1.04. The molecule has 2 heterocycles. The third-order valence-corrected chi connectivity index (χ3v) is 7.05. The Kier molecular flexibility index (Phi) is 12.5. The highest BCUT2D eigenvalue weighted by Crippen LogP contribution is 2.22. The number of nitrogens with one attached hydrogen (secondary N) is 2. The Hall–Kier alpha value is -2.61. The summed E-state index contributed by atoms with van der Waals surface area (Å²) in [5.74, 6) is -0.456. The molecule has 1 aromatic heterocycles. The van der Waals surface area contributed by atoms with Crippen LogP contribution in [-0.4, -0.2) is 91.9 Å². The van der Waals surface area contributed by atoms with E-state index in [2.05, 4.69) is 10.0 Å². The number of halogens is 4. The lowest BCUT2D eigenvalue weighted by molar-refractivity contribution is -0.671. The Bertz CT molecular complexity index is 1180. The number of rotatable bonds is 11. The normalized spacial score (nSPS) is 23.3. The van der Waals surface area contributed by atoms with Crippen molar-refractivity contribution in [2.45, 2.75) is 55.4 Å². The number of benzene rings is 1. The van der Waals surface area contributed by atoms with Crippen molar-refractivity contribution in [3.8, 4) is 0 Å². The smallest absolute Gasteiger partial charge is 0.418 e. The number of carbonyl (C=O) groups excluding carboxylic acids is 1. The molecule has 0 radical (unpaired) electrons. The zero-order chi connectivity index (χ0) is 30.1.